The van der Waals surface area contributed by atoms with Crippen LogP contribution in [0.2, 0.25) is 0 Å². The molecular formula is C13H12O2S. The average Bonchev–Trinajstić information content (AvgIpc) is 2.77. The number of aliphatic hydroxyl groups excluding tert-OH is 1. The highest BCUT2D eigenvalue weighted by atomic mass is 32.1. The van der Waals surface area contributed by atoms with Gasteiger partial charge in [-0.3, -0.25) is 4.79 Å². The number of carbonyl (C=O) groups excluding carboxylic acids is 1. The van der Waals surface area contributed by atoms with Gasteiger partial charge in [-0.15, -0.1) is 11.3 Å². The molecule has 0 fully saturated rings. The summed E-state index contributed by atoms with van der Waals surface area (Å²) in [6.45, 7) is 1.73. The zero-order chi connectivity index (χ0) is 11.5. The van der Waals surface area contributed by atoms with Crippen LogP contribution >= 0.6 is 11.3 Å². The monoisotopic (exact) mass is 232 g/mol. The molecule has 1 N–H and O–H groups in total. The number of hydrogen-bond donors (Lipinski definition) is 1. The molecule has 1 heterocycles. The Morgan fingerprint density at radius 1 is 1.38 bits per heavy atom. The zero-order valence-corrected chi connectivity index (χ0v) is 9.70. The highest BCUT2D eigenvalue weighted by Gasteiger charge is 2.07. The molecule has 0 aliphatic rings. The largest absolute Gasteiger partial charge is 0.389 e. The molecule has 0 aliphatic heterocycles. The van der Waals surface area contributed by atoms with Crippen LogP contribution in [0.25, 0.3) is 11.1 Å². The van der Waals surface area contributed by atoms with Crippen LogP contribution < -0.4 is 0 Å². The van der Waals surface area contributed by atoms with Crippen LogP contribution in [0.4, 0.5) is 0 Å². The van der Waals surface area contributed by atoms with Crippen molar-refractivity contribution in [3.8, 4) is 11.1 Å². The molecule has 16 heavy (non-hydrogen) atoms. The summed E-state index contributed by atoms with van der Waals surface area (Å²) < 4.78 is 0. The number of benzene rings is 1. The van der Waals surface area contributed by atoms with Crippen LogP contribution in [-0.4, -0.2) is 11.4 Å². The van der Waals surface area contributed by atoms with Crippen molar-refractivity contribution in [3.05, 3.63) is 46.2 Å². The first-order valence-electron chi connectivity index (χ1n) is 5.03. The van der Waals surface area contributed by atoms with Gasteiger partial charge in [0.25, 0.3) is 0 Å². The van der Waals surface area contributed by atoms with Crippen LogP contribution in [0.5, 0.6) is 0 Å². The summed E-state index contributed by atoms with van der Waals surface area (Å²) in [6.07, 6.45) is 0.382. The Morgan fingerprint density at radius 2 is 2.19 bits per heavy atom. The van der Waals surface area contributed by atoms with E-state index in [1.807, 2.05) is 35.7 Å². The van der Waals surface area contributed by atoms with Crippen molar-refractivity contribution in [1.82, 2.24) is 0 Å². The van der Waals surface area contributed by atoms with Gasteiger partial charge >= 0.3 is 0 Å². The summed E-state index contributed by atoms with van der Waals surface area (Å²) in [6, 6.07) is 9.56. The van der Waals surface area contributed by atoms with Crippen molar-refractivity contribution >= 4 is 17.6 Å². The molecule has 1 atom stereocenters. The van der Waals surface area contributed by atoms with Crippen molar-refractivity contribution in [2.24, 2.45) is 0 Å². The van der Waals surface area contributed by atoms with E-state index in [4.69, 9.17) is 0 Å². The summed E-state index contributed by atoms with van der Waals surface area (Å²) in [4.78, 5) is 11.6. The van der Waals surface area contributed by atoms with Gasteiger partial charge in [0, 0.05) is 5.56 Å². The summed E-state index contributed by atoms with van der Waals surface area (Å²) in [5.74, 6) is 0. The van der Waals surface area contributed by atoms with Crippen molar-refractivity contribution < 1.29 is 9.90 Å². The Morgan fingerprint density at radius 3 is 2.88 bits per heavy atom. The molecule has 1 unspecified atom stereocenters. The lowest BCUT2D eigenvalue weighted by molar-refractivity contribution is 0.112. The van der Waals surface area contributed by atoms with E-state index in [2.05, 4.69) is 0 Å². The lowest BCUT2D eigenvalue weighted by atomic mass is 10.0. The molecule has 0 spiro atoms. The lowest BCUT2D eigenvalue weighted by Gasteiger charge is -2.07. The second-order valence-corrected chi connectivity index (χ2v) is 4.57. The molecule has 2 aromatic rings. The third-order valence-corrected chi connectivity index (χ3v) is 3.32. The molecule has 0 saturated carbocycles. The molecule has 3 heteroatoms. The first kappa shape index (κ1) is 11.0. The van der Waals surface area contributed by atoms with E-state index < -0.39 is 6.10 Å². The molecule has 0 saturated heterocycles. The minimum Gasteiger partial charge on any atom is -0.389 e. The summed E-state index contributed by atoms with van der Waals surface area (Å²) in [7, 11) is 0. The van der Waals surface area contributed by atoms with E-state index in [0.717, 1.165) is 27.9 Å². The number of carbonyl (C=O) groups is 1. The van der Waals surface area contributed by atoms with Gasteiger partial charge in [-0.2, -0.15) is 0 Å². The molecule has 1 aromatic carbocycles. The SMILES string of the molecule is CC(O)c1cccc(-c2ccsc2C=O)c1. The number of thiophene rings is 1. The van der Waals surface area contributed by atoms with E-state index in [9.17, 15) is 9.90 Å². The van der Waals surface area contributed by atoms with E-state index in [1.165, 1.54) is 11.3 Å². The minimum atomic E-state index is -0.488. The fourth-order valence-electron chi connectivity index (χ4n) is 1.62. The predicted molar refractivity (Wildman–Crippen MR) is 65.8 cm³/mol. The standard InChI is InChI=1S/C13H12O2S/c1-9(15)10-3-2-4-11(7-10)12-5-6-16-13(12)8-14/h2-9,15H,1H3. The molecule has 0 amide bonds. The van der Waals surface area contributed by atoms with Crippen LogP contribution in [0.1, 0.15) is 28.3 Å². The molecular weight excluding hydrogens is 220 g/mol. The molecule has 0 bridgehead atoms. The fraction of sp³-hybridized carbons (Fsp3) is 0.154. The number of hydrogen-bond acceptors (Lipinski definition) is 3. The van der Waals surface area contributed by atoms with Gasteiger partial charge in [0.05, 0.1) is 11.0 Å². The molecule has 0 radical (unpaired) electrons. The molecule has 1 aromatic heterocycles. The number of aliphatic hydroxyl groups is 1. The maximum atomic E-state index is 10.8. The van der Waals surface area contributed by atoms with Crippen molar-refractivity contribution in [1.29, 1.82) is 0 Å². The topological polar surface area (TPSA) is 37.3 Å². The van der Waals surface area contributed by atoms with E-state index >= 15 is 0 Å². The maximum Gasteiger partial charge on any atom is 0.160 e. The summed E-state index contributed by atoms with van der Waals surface area (Å²) in [5.41, 5.74) is 2.77. The third-order valence-electron chi connectivity index (χ3n) is 2.48. The Balaban J connectivity index is 2.48. The Kier molecular flexibility index (Phi) is 3.17. The van der Waals surface area contributed by atoms with E-state index in [1.54, 1.807) is 6.92 Å². The van der Waals surface area contributed by atoms with Crippen LogP contribution in [-0.2, 0) is 0 Å². The van der Waals surface area contributed by atoms with Crippen LogP contribution in [0.3, 0.4) is 0 Å². The van der Waals surface area contributed by atoms with Crippen molar-refractivity contribution in [2.45, 2.75) is 13.0 Å². The second kappa shape index (κ2) is 4.60. The summed E-state index contributed by atoms with van der Waals surface area (Å²) >= 11 is 1.43. The average molecular weight is 232 g/mol. The van der Waals surface area contributed by atoms with Gasteiger partial charge in [0.1, 0.15) is 0 Å². The molecule has 2 rings (SSSR count). The van der Waals surface area contributed by atoms with Crippen molar-refractivity contribution in [3.63, 3.8) is 0 Å². The molecule has 82 valence electrons. The van der Waals surface area contributed by atoms with E-state index in [0.29, 0.717) is 0 Å². The first-order valence-corrected chi connectivity index (χ1v) is 5.91. The predicted octanol–water partition coefficient (Wildman–Crippen LogP) is 3.28. The van der Waals surface area contributed by atoms with Gasteiger partial charge in [0.2, 0.25) is 0 Å². The van der Waals surface area contributed by atoms with Crippen molar-refractivity contribution in [2.75, 3.05) is 0 Å². The van der Waals surface area contributed by atoms with Gasteiger partial charge in [-0.05, 0) is 35.6 Å². The fourth-order valence-corrected chi connectivity index (χ4v) is 2.34. The quantitative estimate of drug-likeness (QED) is 0.824. The Hall–Kier alpha value is -1.45. The third kappa shape index (κ3) is 2.05. The highest BCUT2D eigenvalue weighted by molar-refractivity contribution is 7.12. The summed E-state index contributed by atoms with van der Waals surface area (Å²) in [5, 5.41) is 11.4. The molecule has 0 aliphatic carbocycles. The first-order chi connectivity index (χ1) is 7.72. The van der Waals surface area contributed by atoms with Gasteiger partial charge in [-0.25, -0.2) is 0 Å². The number of aldehydes is 1. The van der Waals surface area contributed by atoms with E-state index in [-0.39, 0.29) is 0 Å². The minimum absolute atomic E-state index is 0.488. The van der Waals surface area contributed by atoms with Gasteiger partial charge < -0.3 is 5.11 Å². The Labute approximate surface area is 98.2 Å². The Bertz CT molecular complexity index is 500. The van der Waals surface area contributed by atoms with Crippen LogP contribution in [0, 0.1) is 0 Å². The zero-order valence-electron chi connectivity index (χ0n) is 8.88. The maximum absolute atomic E-state index is 10.8. The number of rotatable bonds is 3. The van der Waals surface area contributed by atoms with Gasteiger partial charge in [-0.1, -0.05) is 18.2 Å². The lowest BCUT2D eigenvalue weighted by Crippen LogP contribution is -1.91. The smallest absolute Gasteiger partial charge is 0.160 e. The molecule has 2 nitrogen and oxygen atoms in total. The normalized spacial score (nSPS) is 12.4. The second-order valence-electron chi connectivity index (χ2n) is 3.62. The highest BCUT2D eigenvalue weighted by Crippen LogP contribution is 2.28. The van der Waals surface area contributed by atoms with Crippen LogP contribution in [0.15, 0.2) is 35.7 Å². The van der Waals surface area contributed by atoms with Gasteiger partial charge in [0.15, 0.2) is 6.29 Å².